The molecule has 2 rings (SSSR count). The number of carbonyl (C=O) groups is 2. The maximum absolute atomic E-state index is 11.6. The molecule has 0 N–H and O–H groups in total. The second-order valence-corrected chi connectivity index (χ2v) is 6.48. The number of ketones is 1. The quantitative estimate of drug-likeness (QED) is 0.572. The summed E-state index contributed by atoms with van der Waals surface area (Å²) in [6.07, 6.45) is 11.4. The van der Waals surface area contributed by atoms with E-state index in [-0.39, 0.29) is 17.1 Å². The standard InChI is InChI=1S/C17H24O2/c1-12-5-4-10-17(3)15(12)9-8-14(16(17)11-18)7-6-13(2)19/h6-8,11-12,15-16H,4-5,9-10H2,1-3H3/b7-6+. The summed E-state index contributed by atoms with van der Waals surface area (Å²) >= 11 is 0. The molecule has 2 nitrogen and oxygen atoms in total. The minimum Gasteiger partial charge on any atom is -0.303 e. The predicted octanol–water partition coefficient (Wildman–Crippen LogP) is 3.72. The average Bonchev–Trinajstić information content (AvgIpc) is 2.35. The fourth-order valence-electron chi connectivity index (χ4n) is 4.12. The van der Waals surface area contributed by atoms with Crippen molar-refractivity contribution in [3.8, 4) is 0 Å². The minimum absolute atomic E-state index is 0.0369. The van der Waals surface area contributed by atoms with Crippen molar-refractivity contribution in [2.45, 2.75) is 46.5 Å². The van der Waals surface area contributed by atoms with Gasteiger partial charge < -0.3 is 4.79 Å². The van der Waals surface area contributed by atoms with Crippen LogP contribution in [-0.2, 0) is 9.59 Å². The Labute approximate surface area is 116 Å². The summed E-state index contributed by atoms with van der Waals surface area (Å²) in [5, 5.41) is 0. The lowest BCUT2D eigenvalue weighted by molar-refractivity contribution is -0.117. The number of rotatable bonds is 3. The first-order valence-electron chi connectivity index (χ1n) is 7.33. The maximum atomic E-state index is 11.6. The molecule has 0 heterocycles. The van der Waals surface area contributed by atoms with Crippen LogP contribution in [0.5, 0.6) is 0 Å². The van der Waals surface area contributed by atoms with Crippen molar-refractivity contribution in [3.05, 3.63) is 23.8 Å². The molecule has 2 aliphatic carbocycles. The van der Waals surface area contributed by atoms with Crippen molar-refractivity contribution in [1.29, 1.82) is 0 Å². The van der Waals surface area contributed by atoms with Crippen LogP contribution in [0, 0.1) is 23.2 Å². The van der Waals surface area contributed by atoms with E-state index in [0.29, 0.717) is 11.8 Å². The van der Waals surface area contributed by atoms with Crippen LogP contribution in [0.3, 0.4) is 0 Å². The van der Waals surface area contributed by atoms with Crippen LogP contribution < -0.4 is 0 Å². The zero-order valence-electron chi connectivity index (χ0n) is 12.2. The molecule has 0 bridgehead atoms. The molecule has 2 heteroatoms. The van der Waals surface area contributed by atoms with Gasteiger partial charge in [-0.1, -0.05) is 38.8 Å². The van der Waals surface area contributed by atoms with Gasteiger partial charge in [0.2, 0.25) is 0 Å². The molecule has 1 saturated carbocycles. The molecule has 1 fully saturated rings. The number of allylic oxidation sites excluding steroid dienone is 4. The molecule has 19 heavy (non-hydrogen) atoms. The lowest BCUT2D eigenvalue weighted by Gasteiger charge is -2.51. The molecular formula is C17H24O2. The first kappa shape index (κ1) is 14.2. The van der Waals surface area contributed by atoms with Crippen molar-refractivity contribution < 1.29 is 9.59 Å². The van der Waals surface area contributed by atoms with Crippen molar-refractivity contribution in [1.82, 2.24) is 0 Å². The van der Waals surface area contributed by atoms with Crippen LogP contribution in [0.1, 0.15) is 46.5 Å². The van der Waals surface area contributed by atoms with E-state index in [1.54, 1.807) is 13.0 Å². The zero-order chi connectivity index (χ0) is 14.0. The molecular weight excluding hydrogens is 236 g/mol. The second kappa shape index (κ2) is 5.44. The molecule has 0 aromatic rings. The van der Waals surface area contributed by atoms with Crippen molar-refractivity contribution in [2.24, 2.45) is 23.2 Å². The third-order valence-corrected chi connectivity index (χ3v) is 5.23. The van der Waals surface area contributed by atoms with Crippen LogP contribution in [0.4, 0.5) is 0 Å². The Kier molecular flexibility index (Phi) is 4.07. The van der Waals surface area contributed by atoms with Gasteiger partial charge in [-0.2, -0.15) is 0 Å². The van der Waals surface area contributed by atoms with Crippen LogP contribution in [0.2, 0.25) is 0 Å². The second-order valence-electron chi connectivity index (χ2n) is 6.48. The highest BCUT2D eigenvalue weighted by molar-refractivity contribution is 5.88. The molecule has 2 aliphatic rings. The van der Waals surface area contributed by atoms with E-state index >= 15 is 0 Å². The Morgan fingerprint density at radius 1 is 1.47 bits per heavy atom. The van der Waals surface area contributed by atoms with E-state index in [1.165, 1.54) is 12.8 Å². The van der Waals surface area contributed by atoms with Gasteiger partial charge in [-0.15, -0.1) is 0 Å². The van der Waals surface area contributed by atoms with Gasteiger partial charge >= 0.3 is 0 Å². The zero-order valence-corrected chi connectivity index (χ0v) is 12.2. The van der Waals surface area contributed by atoms with Gasteiger partial charge in [0.25, 0.3) is 0 Å². The Morgan fingerprint density at radius 3 is 2.84 bits per heavy atom. The smallest absolute Gasteiger partial charge is 0.152 e. The molecule has 4 atom stereocenters. The van der Waals surface area contributed by atoms with Gasteiger partial charge in [0.15, 0.2) is 5.78 Å². The summed E-state index contributed by atoms with van der Waals surface area (Å²) in [5.41, 5.74) is 1.11. The van der Waals surface area contributed by atoms with E-state index in [0.717, 1.165) is 24.7 Å². The van der Waals surface area contributed by atoms with E-state index in [1.807, 2.05) is 6.08 Å². The van der Waals surface area contributed by atoms with Crippen molar-refractivity contribution >= 4 is 12.1 Å². The van der Waals surface area contributed by atoms with Gasteiger partial charge in [0.1, 0.15) is 6.29 Å². The van der Waals surface area contributed by atoms with Gasteiger partial charge in [0.05, 0.1) is 0 Å². The summed E-state index contributed by atoms with van der Waals surface area (Å²) in [6.45, 7) is 6.12. The maximum Gasteiger partial charge on any atom is 0.152 e. The Morgan fingerprint density at radius 2 is 2.21 bits per heavy atom. The highest BCUT2D eigenvalue weighted by Crippen LogP contribution is 2.54. The normalized spacial score (nSPS) is 38.7. The largest absolute Gasteiger partial charge is 0.303 e. The number of aldehydes is 1. The van der Waals surface area contributed by atoms with E-state index in [2.05, 4.69) is 19.9 Å². The summed E-state index contributed by atoms with van der Waals surface area (Å²) in [7, 11) is 0. The number of carbonyl (C=O) groups excluding carboxylic acids is 2. The van der Waals surface area contributed by atoms with Gasteiger partial charge in [-0.05, 0) is 48.7 Å². The van der Waals surface area contributed by atoms with Crippen LogP contribution >= 0.6 is 0 Å². The van der Waals surface area contributed by atoms with Crippen molar-refractivity contribution in [3.63, 3.8) is 0 Å². The third kappa shape index (κ3) is 2.58. The molecule has 4 unspecified atom stereocenters. The van der Waals surface area contributed by atoms with Gasteiger partial charge in [-0.25, -0.2) is 0 Å². The summed E-state index contributed by atoms with van der Waals surface area (Å²) < 4.78 is 0. The first-order chi connectivity index (χ1) is 8.99. The number of hydrogen-bond donors (Lipinski definition) is 0. The Bertz CT molecular complexity index is 433. The molecule has 0 aromatic heterocycles. The molecule has 104 valence electrons. The van der Waals surface area contributed by atoms with Crippen LogP contribution in [0.25, 0.3) is 0 Å². The summed E-state index contributed by atoms with van der Waals surface area (Å²) in [6, 6.07) is 0. The monoisotopic (exact) mass is 260 g/mol. The lowest BCUT2D eigenvalue weighted by atomic mass is 9.53. The SMILES string of the molecule is CC(=O)/C=C/C1=CCC2C(C)CCCC2(C)C1C=O. The van der Waals surface area contributed by atoms with Crippen LogP contribution in [-0.4, -0.2) is 12.1 Å². The Hall–Kier alpha value is -1.18. The topological polar surface area (TPSA) is 34.1 Å². The molecule has 0 spiro atoms. The van der Waals surface area contributed by atoms with E-state index in [4.69, 9.17) is 0 Å². The number of hydrogen-bond acceptors (Lipinski definition) is 2. The lowest BCUT2D eigenvalue weighted by Crippen LogP contribution is -2.45. The highest BCUT2D eigenvalue weighted by atomic mass is 16.1. The van der Waals surface area contributed by atoms with E-state index < -0.39 is 0 Å². The minimum atomic E-state index is -0.0513. The Balaban J connectivity index is 2.33. The van der Waals surface area contributed by atoms with Crippen LogP contribution in [0.15, 0.2) is 23.8 Å². The fraction of sp³-hybridized carbons (Fsp3) is 0.647. The first-order valence-corrected chi connectivity index (χ1v) is 7.33. The van der Waals surface area contributed by atoms with Crippen molar-refractivity contribution in [2.75, 3.05) is 0 Å². The molecule has 0 radical (unpaired) electrons. The van der Waals surface area contributed by atoms with E-state index in [9.17, 15) is 9.59 Å². The summed E-state index contributed by atoms with van der Waals surface area (Å²) in [5.74, 6) is 1.28. The fourth-order valence-corrected chi connectivity index (χ4v) is 4.12. The average molecular weight is 260 g/mol. The predicted molar refractivity (Wildman–Crippen MR) is 76.7 cm³/mol. The molecule has 0 aliphatic heterocycles. The molecule has 0 aromatic carbocycles. The van der Waals surface area contributed by atoms with Gasteiger partial charge in [0, 0.05) is 5.92 Å². The highest BCUT2D eigenvalue weighted by Gasteiger charge is 2.48. The third-order valence-electron chi connectivity index (χ3n) is 5.23. The summed E-state index contributed by atoms with van der Waals surface area (Å²) in [4.78, 5) is 22.7. The number of fused-ring (bicyclic) bond motifs is 1. The molecule has 0 saturated heterocycles. The molecule has 0 amide bonds. The van der Waals surface area contributed by atoms with Gasteiger partial charge in [-0.3, -0.25) is 4.79 Å².